The highest BCUT2D eigenvalue weighted by molar-refractivity contribution is 5.85. The topological polar surface area (TPSA) is 66.5 Å². The number of rotatable bonds is 3. The summed E-state index contributed by atoms with van der Waals surface area (Å²) < 4.78 is 0. The standard InChI is InChI=1S/C6H13NO2.ClH/c7-6(9,3-4-8)5-1-2-5;/h5,8-9H,1-4,7H2;1H. The van der Waals surface area contributed by atoms with Crippen LogP contribution in [0.4, 0.5) is 0 Å². The predicted octanol–water partition coefficient (Wildman–Crippen LogP) is -0.152. The largest absolute Gasteiger partial charge is 0.396 e. The normalized spacial score (nSPS) is 23.1. The number of aliphatic hydroxyl groups is 2. The molecule has 0 amide bonds. The van der Waals surface area contributed by atoms with Crippen molar-refractivity contribution in [1.82, 2.24) is 0 Å². The minimum atomic E-state index is -1.09. The van der Waals surface area contributed by atoms with Crippen molar-refractivity contribution in [2.75, 3.05) is 6.61 Å². The van der Waals surface area contributed by atoms with Gasteiger partial charge >= 0.3 is 0 Å². The molecule has 0 aromatic carbocycles. The van der Waals surface area contributed by atoms with E-state index >= 15 is 0 Å². The van der Waals surface area contributed by atoms with E-state index < -0.39 is 5.72 Å². The molecule has 0 spiro atoms. The smallest absolute Gasteiger partial charge is 0.118 e. The second-order valence-corrected chi connectivity index (χ2v) is 2.74. The molecule has 10 heavy (non-hydrogen) atoms. The molecule has 0 aromatic rings. The Bertz CT molecular complexity index is 104. The van der Waals surface area contributed by atoms with Gasteiger partial charge in [-0.3, -0.25) is 0 Å². The van der Waals surface area contributed by atoms with Gasteiger partial charge in [-0.05, 0) is 12.8 Å². The maximum absolute atomic E-state index is 9.27. The van der Waals surface area contributed by atoms with Crippen molar-refractivity contribution in [3.63, 3.8) is 0 Å². The number of aliphatic hydroxyl groups excluding tert-OH is 1. The van der Waals surface area contributed by atoms with E-state index in [-0.39, 0.29) is 24.9 Å². The van der Waals surface area contributed by atoms with Gasteiger partial charge in [-0.1, -0.05) is 0 Å². The van der Waals surface area contributed by atoms with Crippen LogP contribution in [0.15, 0.2) is 0 Å². The van der Waals surface area contributed by atoms with Gasteiger partial charge in [0, 0.05) is 18.9 Å². The van der Waals surface area contributed by atoms with E-state index in [0.717, 1.165) is 12.8 Å². The molecule has 1 atom stereocenters. The van der Waals surface area contributed by atoms with Crippen LogP contribution in [0.5, 0.6) is 0 Å². The van der Waals surface area contributed by atoms with E-state index in [1.165, 1.54) is 0 Å². The molecule has 0 heterocycles. The fourth-order valence-electron chi connectivity index (χ4n) is 0.966. The lowest BCUT2D eigenvalue weighted by Gasteiger charge is -2.20. The first-order chi connectivity index (χ1) is 4.17. The van der Waals surface area contributed by atoms with E-state index in [9.17, 15) is 5.11 Å². The second kappa shape index (κ2) is 3.53. The summed E-state index contributed by atoms with van der Waals surface area (Å²) in [6.07, 6.45) is 2.32. The first-order valence-electron chi connectivity index (χ1n) is 3.29. The van der Waals surface area contributed by atoms with Crippen molar-refractivity contribution in [1.29, 1.82) is 0 Å². The zero-order valence-electron chi connectivity index (χ0n) is 5.79. The van der Waals surface area contributed by atoms with Gasteiger partial charge in [-0.25, -0.2) is 0 Å². The van der Waals surface area contributed by atoms with Crippen molar-refractivity contribution < 1.29 is 10.2 Å². The summed E-state index contributed by atoms with van der Waals surface area (Å²) in [6.45, 7) is -0.0243. The first kappa shape index (κ1) is 10.2. The minimum Gasteiger partial charge on any atom is -0.396 e. The lowest BCUT2D eigenvalue weighted by atomic mass is 10.1. The Labute approximate surface area is 66.6 Å². The summed E-state index contributed by atoms with van der Waals surface area (Å²) in [4.78, 5) is 0. The van der Waals surface area contributed by atoms with Gasteiger partial charge in [0.15, 0.2) is 0 Å². The van der Waals surface area contributed by atoms with Gasteiger partial charge in [-0.2, -0.15) is 0 Å². The van der Waals surface area contributed by atoms with Crippen LogP contribution in [0.1, 0.15) is 19.3 Å². The van der Waals surface area contributed by atoms with Crippen molar-refractivity contribution in [3.8, 4) is 0 Å². The summed E-state index contributed by atoms with van der Waals surface area (Å²) in [6, 6.07) is 0. The van der Waals surface area contributed by atoms with Crippen LogP contribution in [0.2, 0.25) is 0 Å². The zero-order chi connectivity index (χ0) is 6.91. The predicted molar refractivity (Wildman–Crippen MR) is 40.8 cm³/mol. The van der Waals surface area contributed by atoms with Gasteiger partial charge in [0.2, 0.25) is 0 Å². The molecule has 4 heteroatoms. The summed E-state index contributed by atoms with van der Waals surface area (Å²) in [5, 5.41) is 17.7. The van der Waals surface area contributed by atoms with E-state index in [4.69, 9.17) is 10.8 Å². The monoisotopic (exact) mass is 167 g/mol. The average Bonchev–Trinajstić information content (AvgIpc) is 2.41. The van der Waals surface area contributed by atoms with Crippen molar-refractivity contribution in [3.05, 3.63) is 0 Å². The maximum Gasteiger partial charge on any atom is 0.118 e. The molecule has 1 unspecified atom stereocenters. The molecule has 1 fully saturated rings. The van der Waals surface area contributed by atoms with E-state index in [1.54, 1.807) is 0 Å². The molecular weight excluding hydrogens is 154 g/mol. The second-order valence-electron chi connectivity index (χ2n) is 2.74. The van der Waals surface area contributed by atoms with E-state index in [2.05, 4.69) is 0 Å². The van der Waals surface area contributed by atoms with Crippen LogP contribution >= 0.6 is 12.4 Å². The quantitative estimate of drug-likeness (QED) is 0.512. The molecule has 1 saturated carbocycles. The van der Waals surface area contributed by atoms with Crippen molar-refractivity contribution in [2.45, 2.75) is 25.0 Å². The van der Waals surface area contributed by atoms with Crippen LogP contribution in [0.25, 0.3) is 0 Å². The summed E-state index contributed by atoms with van der Waals surface area (Å²) in [5.74, 6) is 0.240. The summed E-state index contributed by atoms with van der Waals surface area (Å²) in [5.41, 5.74) is 4.34. The number of hydrogen-bond acceptors (Lipinski definition) is 3. The van der Waals surface area contributed by atoms with Gasteiger partial charge in [0.25, 0.3) is 0 Å². The molecule has 1 rings (SSSR count). The molecular formula is C6H14ClNO2. The number of hydrogen-bond donors (Lipinski definition) is 3. The van der Waals surface area contributed by atoms with E-state index in [1.807, 2.05) is 0 Å². The third-order valence-corrected chi connectivity index (χ3v) is 1.80. The Hall–Kier alpha value is 0.170. The number of halogens is 1. The van der Waals surface area contributed by atoms with Gasteiger partial charge in [-0.15, -0.1) is 12.4 Å². The third-order valence-electron chi connectivity index (χ3n) is 1.80. The lowest BCUT2D eigenvalue weighted by molar-refractivity contribution is 0.000965. The maximum atomic E-state index is 9.27. The molecule has 0 aromatic heterocycles. The Morgan fingerprint density at radius 1 is 1.50 bits per heavy atom. The Morgan fingerprint density at radius 3 is 2.30 bits per heavy atom. The molecule has 4 N–H and O–H groups in total. The molecule has 1 aliphatic carbocycles. The summed E-state index contributed by atoms with van der Waals surface area (Å²) >= 11 is 0. The van der Waals surface area contributed by atoms with E-state index in [0.29, 0.717) is 6.42 Å². The fourth-order valence-corrected chi connectivity index (χ4v) is 0.966. The Kier molecular flexibility index (Phi) is 3.59. The first-order valence-corrected chi connectivity index (χ1v) is 3.29. The molecule has 62 valence electrons. The molecule has 1 aliphatic rings. The van der Waals surface area contributed by atoms with Crippen LogP contribution in [-0.2, 0) is 0 Å². The lowest BCUT2D eigenvalue weighted by Crippen LogP contribution is -2.42. The highest BCUT2D eigenvalue weighted by Gasteiger charge is 2.39. The molecule has 0 radical (unpaired) electrons. The highest BCUT2D eigenvalue weighted by atomic mass is 35.5. The highest BCUT2D eigenvalue weighted by Crippen LogP contribution is 2.38. The van der Waals surface area contributed by atoms with Crippen molar-refractivity contribution in [2.24, 2.45) is 11.7 Å². The van der Waals surface area contributed by atoms with Crippen LogP contribution < -0.4 is 5.73 Å². The van der Waals surface area contributed by atoms with Gasteiger partial charge in [0.1, 0.15) is 5.72 Å². The molecule has 0 aliphatic heterocycles. The Morgan fingerprint density at radius 2 is 2.00 bits per heavy atom. The van der Waals surface area contributed by atoms with Crippen LogP contribution in [-0.4, -0.2) is 22.5 Å². The fraction of sp³-hybridized carbons (Fsp3) is 1.00. The van der Waals surface area contributed by atoms with Crippen LogP contribution in [0, 0.1) is 5.92 Å². The van der Waals surface area contributed by atoms with Crippen LogP contribution in [0.3, 0.4) is 0 Å². The minimum absolute atomic E-state index is 0. The van der Waals surface area contributed by atoms with Gasteiger partial charge in [0.05, 0.1) is 0 Å². The summed E-state index contributed by atoms with van der Waals surface area (Å²) in [7, 11) is 0. The SMILES string of the molecule is Cl.NC(O)(CCO)C1CC1. The Balaban J connectivity index is 0.000000810. The van der Waals surface area contributed by atoms with Gasteiger partial charge < -0.3 is 15.9 Å². The third kappa shape index (κ3) is 2.42. The van der Waals surface area contributed by atoms with Crippen molar-refractivity contribution >= 4 is 12.4 Å². The number of nitrogens with two attached hydrogens (primary N) is 1. The zero-order valence-corrected chi connectivity index (χ0v) is 6.60. The molecule has 0 bridgehead atoms. The molecule has 3 nitrogen and oxygen atoms in total. The average molecular weight is 168 g/mol. The molecule has 0 saturated heterocycles.